The summed E-state index contributed by atoms with van der Waals surface area (Å²) in [5.41, 5.74) is 0.300. The SMILES string of the molecule is CC1(C)CC(NC(=O)c2ccc(I)o2)CC(C)(C)[NH2+]1. The van der Waals surface area contributed by atoms with Crippen LogP contribution in [0.3, 0.4) is 0 Å². The number of amides is 1. The second-order valence-corrected chi connectivity index (χ2v) is 7.87. The fourth-order valence-electron chi connectivity index (χ4n) is 3.31. The summed E-state index contributed by atoms with van der Waals surface area (Å²) in [5.74, 6) is 0.288. The molecule has 1 saturated heterocycles. The minimum absolute atomic E-state index is 0.110. The first-order chi connectivity index (χ1) is 8.67. The molecule has 1 aliphatic heterocycles. The molecule has 0 saturated carbocycles. The Kier molecular flexibility index (Phi) is 3.97. The van der Waals surface area contributed by atoms with Gasteiger partial charge in [0.1, 0.15) is 0 Å². The largest absolute Gasteiger partial charge is 0.445 e. The molecular weight excluding hydrogens is 355 g/mol. The summed E-state index contributed by atoms with van der Waals surface area (Å²) in [4.78, 5) is 12.1. The maximum absolute atomic E-state index is 12.1. The van der Waals surface area contributed by atoms with Gasteiger partial charge in [-0.1, -0.05) is 0 Å². The second-order valence-electron chi connectivity index (χ2n) is 6.80. The number of rotatable bonds is 2. The molecule has 106 valence electrons. The molecule has 0 atom stereocenters. The van der Waals surface area contributed by atoms with Crippen molar-refractivity contribution in [1.29, 1.82) is 0 Å². The van der Waals surface area contributed by atoms with E-state index in [2.05, 4.69) is 60.9 Å². The summed E-state index contributed by atoms with van der Waals surface area (Å²) in [6.07, 6.45) is 1.94. The first-order valence-electron chi connectivity index (χ1n) is 6.60. The van der Waals surface area contributed by atoms with Crippen LogP contribution in [-0.2, 0) is 0 Å². The maximum atomic E-state index is 12.1. The number of piperidine rings is 1. The monoisotopic (exact) mass is 377 g/mol. The summed E-state index contributed by atoms with van der Waals surface area (Å²) in [6.45, 7) is 8.90. The number of hydrogen-bond acceptors (Lipinski definition) is 2. The van der Waals surface area contributed by atoms with Crippen LogP contribution >= 0.6 is 22.6 Å². The zero-order valence-electron chi connectivity index (χ0n) is 11.9. The van der Waals surface area contributed by atoms with E-state index in [1.165, 1.54) is 0 Å². The highest BCUT2D eigenvalue weighted by Gasteiger charge is 2.42. The summed E-state index contributed by atoms with van der Waals surface area (Å²) < 4.78 is 6.09. The highest BCUT2D eigenvalue weighted by atomic mass is 127. The summed E-state index contributed by atoms with van der Waals surface area (Å²) >= 11 is 2.06. The zero-order chi connectivity index (χ0) is 14.3. The third-order valence-electron chi connectivity index (χ3n) is 3.46. The van der Waals surface area contributed by atoms with Crippen LogP contribution in [0.25, 0.3) is 0 Å². The van der Waals surface area contributed by atoms with Gasteiger partial charge in [0.2, 0.25) is 0 Å². The predicted octanol–water partition coefficient (Wildman–Crippen LogP) is 1.90. The Morgan fingerprint density at radius 2 is 1.89 bits per heavy atom. The van der Waals surface area contributed by atoms with Gasteiger partial charge in [0.15, 0.2) is 9.53 Å². The number of carbonyl (C=O) groups is 1. The molecule has 1 aromatic heterocycles. The van der Waals surface area contributed by atoms with Gasteiger partial charge in [0.05, 0.1) is 11.1 Å². The van der Waals surface area contributed by atoms with Crippen molar-refractivity contribution in [3.63, 3.8) is 0 Å². The van der Waals surface area contributed by atoms with Gasteiger partial charge in [-0.15, -0.1) is 0 Å². The summed E-state index contributed by atoms with van der Waals surface area (Å²) in [5, 5.41) is 5.50. The van der Waals surface area contributed by atoms with E-state index in [4.69, 9.17) is 4.42 Å². The molecule has 0 aromatic carbocycles. The molecular formula is C14H22IN2O2+. The molecule has 1 amide bonds. The molecule has 0 aliphatic carbocycles. The Morgan fingerprint density at radius 3 is 2.37 bits per heavy atom. The number of furan rings is 1. The van der Waals surface area contributed by atoms with Crippen molar-refractivity contribution < 1.29 is 14.5 Å². The highest BCUT2D eigenvalue weighted by molar-refractivity contribution is 14.1. The fourth-order valence-corrected chi connectivity index (χ4v) is 3.73. The number of halogens is 1. The maximum Gasteiger partial charge on any atom is 0.287 e. The van der Waals surface area contributed by atoms with Gasteiger partial charge < -0.3 is 15.1 Å². The van der Waals surface area contributed by atoms with Gasteiger partial charge in [-0.2, -0.15) is 0 Å². The van der Waals surface area contributed by atoms with Gasteiger partial charge in [-0.3, -0.25) is 4.79 Å². The van der Waals surface area contributed by atoms with E-state index in [1.807, 2.05) is 0 Å². The van der Waals surface area contributed by atoms with E-state index in [0.717, 1.165) is 16.6 Å². The Balaban J connectivity index is 2.04. The Morgan fingerprint density at radius 1 is 1.32 bits per heavy atom. The smallest absolute Gasteiger partial charge is 0.287 e. The van der Waals surface area contributed by atoms with E-state index in [1.54, 1.807) is 12.1 Å². The number of hydrogen-bond donors (Lipinski definition) is 2. The van der Waals surface area contributed by atoms with Gasteiger partial charge in [-0.05, 0) is 62.4 Å². The summed E-state index contributed by atoms with van der Waals surface area (Å²) in [6, 6.07) is 3.73. The van der Waals surface area contributed by atoms with Gasteiger partial charge in [0.25, 0.3) is 5.91 Å². The fraction of sp³-hybridized carbons (Fsp3) is 0.643. The van der Waals surface area contributed by atoms with Crippen LogP contribution in [0.1, 0.15) is 51.1 Å². The van der Waals surface area contributed by atoms with E-state index < -0.39 is 0 Å². The third-order valence-corrected chi connectivity index (χ3v) is 4.04. The van der Waals surface area contributed by atoms with E-state index in [-0.39, 0.29) is 23.0 Å². The van der Waals surface area contributed by atoms with E-state index in [9.17, 15) is 4.79 Å². The molecule has 0 unspecified atom stereocenters. The molecule has 19 heavy (non-hydrogen) atoms. The van der Waals surface area contributed by atoms with Crippen molar-refractivity contribution in [2.45, 2.75) is 57.7 Å². The minimum Gasteiger partial charge on any atom is -0.445 e. The standard InChI is InChI=1S/C14H21IN2O2/c1-13(2)7-9(8-14(3,4)17-13)16-12(18)10-5-6-11(15)19-10/h5-6,9,17H,7-8H2,1-4H3,(H,16,18)/p+1. The lowest BCUT2D eigenvalue weighted by molar-refractivity contribution is -0.787. The molecule has 1 fully saturated rings. The van der Waals surface area contributed by atoms with Crippen LogP contribution in [0.4, 0.5) is 0 Å². The van der Waals surface area contributed by atoms with Gasteiger partial charge in [0, 0.05) is 18.9 Å². The minimum atomic E-state index is -0.110. The average Bonchev–Trinajstić information content (AvgIpc) is 2.59. The molecule has 2 rings (SSSR count). The molecule has 5 heteroatoms. The molecule has 4 nitrogen and oxygen atoms in total. The quantitative estimate of drug-likeness (QED) is 0.774. The zero-order valence-corrected chi connectivity index (χ0v) is 14.1. The van der Waals surface area contributed by atoms with Crippen molar-refractivity contribution >= 4 is 28.5 Å². The average molecular weight is 377 g/mol. The Labute approximate surface area is 127 Å². The number of nitrogens with two attached hydrogens (primary N) is 1. The first-order valence-corrected chi connectivity index (χ1v) is 7.68. The lowest BCUT2D eigenvalue weighted by atomic mass is 9.79. The van der Waals surface area contributed by atoms with Crippen molar-refractivity contribution in [1.82, 2.24) is 5.32 Å². The second kappa shape index (κ2) is 5.09. The van der Waals surface area contributed by atoms with Crippen LogP contribution in [0.15, 0.2) is 16.5 Å². The summed E-state index contributed by atoms with van der Waals surface area (Å²) in [7, 11) is 0. The van der Waals surface area contributed by atoms with Crippen molar-refractivity contribution in [2.24, 2.45) is 0 Å². The van der Waals surface area contributed by atoms with Crippen molar-refractivity contribution in [3.8, 4) is 0 Å². The molecule has 2 heterocycles. The number of carbonyl (C=O) groups excluding carboxylic acids is 1. The third kappa shape index (κ3) is 3.95. The highest BCUT2D eigenvalue weighted by Crippen LogP contribution is 2.22. The molecule has 3 N–H and O–H groups in total. The lowest BCUT2D eigenvalue weighted by Crippen LogP contribution is -3.06. The Hall–Kier alpha value is -0.560. The van der Waals surface area contributed by atoms with E-state index >= 15 is 0 Å². The topological polar surface area (TPSA) is 58.9 Å². The number of quaternary nitrogens is 1. The Bertz CT molecular complexity index is 464. The van der Waals surface area contributed by atoms with Crippen LogP contribution in [-0.4, -0.2) is 23.0 Å². The van der Waals surface area contributed by atoms with Crippen LogP contribution in [0.5, 0.6) is 0 Å². The predicted molar refractivity (Wildman–Crippen MR) is 82.0 cm³/mol. The molecule has 1 aliphatic rings. The van der Waals surface area contributed by atoms with E-state index in [0.29, 0.717) is 5.76 Å². The first kappa shape index (κ1) is 14.8. The van der Waals surface area contributed by atoms with Crippen LogP contribution in [0.2, 0.25) is 0 Å². The molecule has 1 aromatic rings. The van der Waals surface area contributed by atoms with Crippen LogP contribution in [0, 0.1) is 3.77 Å². The normalized spacial score (nSPS) is 22.2. The van der Waals surface area contributed by atoms with Crippen molar-refractivity contribution in [3.05, 3.63) is 21.7 Å². The molecule has 0 bridgehead atoms. The van der Waals surface area contributed by atoms with Crippen LogP contribution < -0.4 is 10.6 Å². The van der Waals surface area contributed by atoms with Gasteiger partial charge in [-0.25, -0.2) is 0 Å². The van der Waals surface area contributed by atoms with Gasteiger partial charge >= 0.3 is 0 Å². The van der Waals surface area contributed by atoms with Crippen molar-refractivity contribution in [2.75, 3.05) is 0 Å². The number of nitrogens with one attached hydrogen (secondary N) is 1. The molecule has 0 spiro atoms. The lowest BCUT2D eigenvalue weighted by Gasteiger charge is -2.43. The molecule has 0 radical (unpaired) electrons.